The van der Waals surface area contributed by atoms with Crippen molar-refractivity contribution in [3.05, 3.63) is 83.3 Å². The fraction of sp³-hybridized carbons (Fsp3) is 0.208. The van der Waals surface area contributed by atoms with Crippen LogP contribution in [0.5, 0.6) is 5.75 Å². The van der Waals surface area contributed by atoms with Gasteiger partial charge in [-0.1, -0.05) is 12.1 Å². The molecule has 0 radical (unpaired) electrons. The Labute approximate surface area is 189 Å². The summed E-state index contributed by atoms with van der Waals surface area (Å²) in [6, 6.07) is 18.1. The molecule has 3 heterocycles. The maximum Gasteiger partial charge on any atom is 0.291 e. The highest BCUT2D eigenvalue weighted by atomic mass is 32.2. The molecule has 2 aliphatic rings. The van der Waals surface area contributed by atoms with Gasteiger partial charge in [-0.15, -0.1) is 11.8 Å². The van der Waals surface area contributed by atoms with Crippen molar-refractivity contribution in [2.24, 2.45) is 0 Å². The molecule has 0 unspecified atom stereocenters. The highest BCUT2D eigenvalue weighted by Crippen LogP contribution is 2.55. The average Bonchev–Trinajstić information content (AvgIpc) is 3.56. The maximum atomic E-state index is 14.0. The number of thioether (sulfide) groups is 1. The Morgan fingerprint density at radius 2 is 2.12 bits per heavy atom. The fourth-order valence-corrected chi connectivity index (χ4v) is 5.79. The van der Waals surface area contributed by atoms with E-state index in [1.165, 1.54) is 18.0 Å². The Balaban J connectivity index is 1.61. The van der Waals surface area contributed by atoms with Gasteiger partial charge in [-0.05, 0) is 48.0 Å². The number of anilines is 1. The van der Waals surface area contributed by atoms with Crippen molar-refractivity contribution >= 4 is 29.3 Å². The number of nitrogens with zero attached hydrogens (tertiary/aromatic N) is 3. The molecule has 2 amide bonds. The predicted molar refractivity (Wildman–Crippen MR) is 119 cm³/mol. The van der Waals surface area contributed by atoms with Gasteiger partial charge in [0.15, 0.2) is 10.6 Å². The zero-order valence-electron chi connectivity index (χ0n) is 17.3. The zero-order valence-corrected chi connectivity index (χ0v) is 18.1. The highest BCUT2D eigenvalue weighted by Gasteiger charge is 2.60. The molecule has 0 saturated carbocycles. The van der Waals surface area contributed by atoms with E-state index in [0.717, 1.165) is 16.8 Å². The highest BCUT2D eigenvalue weighted by molar-refractivity contribution is 8.01. The summed E-state index contributed by atoms with van der Waals surface area (Å²) >= 11 is 1.44. The number of fused-ring (bicyclic) bond motifs is 2. The van der Waals surface area contributed by atoms with Crippen molar-refractivity contribution in [1.29, 1.82) is 5.26 Å². The number of rotatable bonds is 4. The van der Waals surface area contributed by atoms with Crippen LogP contribution in [0, 0.1) is 11.3 Å². The summed E-state index contributed by atoms with van der Waals surface area (Å²) in [5.41, 5.74) is 2.82. The predicted octanol–water partition coefficient (Wildman–Crippen LogP) is 3.75. The Bertz CT molecular complexity index is 1250. The number of amides is 2. The van der Waals surface area contributed by atoms with Crippen LogP contribution >= 0.6 is 11.8 Å². The lowest BCUT2D eigenvalue weighted by molar-refractivity contribution is -0.123. The standard InChI is InChI=1S/C24H19N3O4S/c1-30-18-7-8-20-19(13-18)24(27(9-11-32-24)22(28)21-6-3-10-31-21)23(29)26(20)15-17-5-2-4-16(12-17)14-25/h2-8,10,12-13H,9,11,15H2,1H3/t24-/m0/s1. The molecule has 1 aromatic heterocycles. The minimum absolute atomic E-state index is 0.189. The number of hydrogen-bond acceptors (Lipinski definition) is 6. The fourth-order valence-electron chi connectivity index (χ4n) is 4.33. The van der Waals surface area contributed by atoms with E-state index < -0.39 is 4.87 Å². The number of nitriles is 1. The quantitative estimate of drug-likeness (QED) is 0.608. The molecule has 5 rings (SSSR count). The van der Waals surface area contributed by atoms with Gasteiger partial charge in [-0.25, -0.2) is 0 Å². The molecule has 1 atom stereocenters. The molecule has 2 aromatic carbocycles. The van der Waals surface area contributed by atoms with Crippen LogP contribution in [0.1, 0.15) is 27.2 Å². The molecule has 1 spiro atoms. The first-order valence-corrected chi connectivity index (χ1v) is 11.1. The van der Waals surface area contributed by atoms with Crippen molar-refractivity contribution in [1.82, 2.24) is 4.90 Å². The van der Waals surface area contributed by atoms with Crippen LogP contribution in [0.15, 0.2) is 65.3 Å². The molecule has 160 valence electrons. The Hall–Kier alpha value is -3.70. The van der Waals surface area contributed by atoms with E-state index in [-0.39, 0.29) is 17.6 Å². The van der Waals surface area contributed by atoms with Gasteiger partial charge in [0, 0.05) is 17.9 Å². The summed E-state index contributed by atoms with van der Waals surface area (Å²) in [5.74, 6) is 0.916. The SMILES string of the molecule is COc1ccc2c(c1)[C@]1(SCCN1C(=O)c1ccco1)C(=O)N2Cc1cccc(C#N)c1. The average molecular weight is 446 g/mol. The monoisotopic (exact) mass is 445 g/mol. The largest absolute Gasteiger partial charge is 0.497 e. The van der Waals surface area contributed by atoms with Gasteiger partial charge in [0.25, 0.3) is 11.8 Å². The second-order valence-electron chi connectivity index (χ2n) is 7.51. The summed E-state index contributed by atoms with van der Waals surface area (Å²) < 4.78 is 10.8. The van der Waals surface area contributed by atoms with Gasteiger partial charge in [0.2, 0.25) is 0 Å². The molecule has 8 heteroatoms. The normalized spacial score (nSPS) is 19.3. The van der Waals surface area contributed by atoms with Crippen molar-refractivity contribution < 1.29 is 18.7 Å². The Kier molecular flexibility index (Phi) is 4.91. The number of furan rings is 1. The first-order valence-electron chi connectivity index (χ1n) is 10.1. The van der Waals surface area contributed by atoms with Gasteiger partial charge in [-0.2, -0.15) is 5.26 Å². The van der Waals surface area contributed by atoms with Crippen molar-refractivity contribution in [2.75, 3.05) is 24.3 Å². The first kappa shape index (κ1) is 20.2. The van der Waals surface area contributed by atoms with E-state index in [2.05, 4.69) is 6.07 Å². The zero-order chi connectivity index (χ0) is 22.3. The lowest BCUT2D eigenvalue weighted by Gasteiger charge is -2.32. The van der Waals surface area contributed by atoms with Crippen LogP contribution in [0.4, 0.5) is 5.69 Å². The number of hydrogen-bond donors (Lipinski definition) is 0. The Morgan fingerprint density at radius 3 is 2.88 bits per heavy atom. The minimum atomic E-state index is -1.19. The van der Waals surface area contributed by atoms with E-state index >= 15 is 0 Å². The lowest BCUT2D eigenvalue weighted by atomic mass is 10.0. The van der Waals surface area contributed by atoms with Crippen LogP contribution < -0.4 is 9.64 Å². The summed E-state index contributed by atoms with van der Waals surface area (Å²) in [7, 11) is 1.57. The van der Waals surface area contributed by atoms with Crippen LogP contribution in [0.25, 0.3) is 0 Å². The number of ether oxygens (including phenoxy) is 1. The maximum absolute atomic E-state index is 14.0. The van der Waals surface area contributed by atoms with Crippen molar-refractivity contribution in [3.63, 3.8) is 0 Å². The van der Waals surface area contributed by atoms with E-state index in [1.807, 2.05) is 24.3 Å². The van der Waals surface area contributed by atoms with Gasteiger partial charge in [-0.3, -0.25) is 9.59 Å². The molecule has 32 heavy (non-hydrogen) atoms. The second kappa shape index (κ2) is 7.77. The molecule has 1 saturated heterocycles. The van der Waals surface area contributed by atoms with Crippen LogP contribution in [-0.4, -0.2) is 36.1 Å². The number of carbonyl (C=O) groups excluding carboxylic acids is 2. The van der Waals surface area contributed by atoms with Gasteiger partial charge in [0.05, 0.1) is 37.2 Å². The number of methoxy groups -OCH3 is 1. The van der Waals surface area contributed by atoms with E-state index in [9.17, 15) is 14.9 Å². The van der Waals surface area contributed by atoms with Crippen molar-refractivity contribution in [3.8, 4) is 11.8 Å². The van der Waals surface area contributed by atoms with Crippen LogP contribution in [0.2, 0.25) is 0 Å². The van der Waals surface area contributed by atoms with Gasteiger partial charge >= 0.3 is 0 Å². The third-order valence-electron chi connectivity index (χ3n) is 5.77. The first-order chi connectivity index (χ1) is 15.6. The molecule has 7 nitrogen and oxygen atoms in total. The molecular weight excluding hydrogens is 426 g/mol. The molecule has 0 N–H and O–H groups in total. The summed E-state index contributed by atoms with van der Waals surface area (Å²) in [5, 5.41) is 9.24. The van der Waals surface area contributed by atoms with Gasteiger partial charge in [0.1, 0.15) is 5.75 Å². The molecule has 0 bridgehead atoms. The smallest absolute Gasteiger partial charge is 0.291 e. The van der Waals surface area contributed by atoms with Crippen molar-refractivity contribution in [2.45, 2.75) is 11.4 Å². The molecule has 0 aliphatic carbocycles. The van der Waals surface area contributed by atoms with Crippen LogP contribution in [0.3, 0.4) is 0 Å². The number of carbonyl (C=O) groups is 2. The van der Waals surface area contributed by atoms with E-state index in [4.69, 9.17) is 9.15 Å². The van der Waals surface area contributed by atoms with E-state index in [1.54, 1.807) is 47.2 Å². The summed E-state index contributed by atoms with van der Waals surface area (Å²) in [6.07, 6.45) is 1.45. The summed E-state index contributed by atoms with van der Waals surface area (Å²) in [4.78, 5) is 29.4. The van der Waals surface area contributed by atoms with Crippen LogP contribution in [-0.2, 0) is 16.2 Å². The number of benzene rings is 2. The second-order valence-corrected chi connectivity index (χ2v) is 8.80. The molecule has 1 fully saturated rings. The third-order valence-corrected chi connectivity index (χ3v) is 7.19. The van der Waals surface area contributed by atoms with E-state index in [0.29, 0.717) is 30.2 Å². The Morgan fingerprint density at radius 1 is 1.25 bits per heavy atom. The molecule has 3 aromatic rings. The minimum Gasteiger partial charge on any atom is -0.497 e. The lowest BCUT2D eigenvalue weighted by Crippen LogP contribution is -2.50. The molecule has 2 aliphatic heterocycles. The molecular formula is C24H19N3O4S. The van der Waals surface area contributed by atoms with Gasteiger partial charge < -0.3 is 19.0 Å². The topological polar surface area (TPSA) is 86.8 Å². The third kappa shape index (κ3) is 2.97. The summed E-state index contributed by atoms with van der Waals surface area (Å²) in [6.45, 7) is 0.711.